The predicted octanol–water partition coefficient (Wildman–Crippen LogP) is 4.89. The van der Waals surface area contributed by atoms with Crippen LogP contribution in [0.25, 0.3) is 0 Å². The second kappa shape index (κ2) is 9.11. The van der Waals surface area contributed by atoms with E-state index >= 15 is 0 Å². The van der Waals surface area contributed by atoms with Crippen LogP contribution in [0.15, 0.2) is 48.5 Å². The van der Waals surface area contributed by atoms with Crippen LogP contribution in [0.4, 0.5) is 10.5 Å². The van der Waals surface area contributed by atoms with Crippen LogP contribution in [0.3, 0.4) is 0 Å². The quantitative estimate of drug-likeness (QED) is 0.768. The van der Waals surface area contributed by atoms with E-state index < -0.39 is 0 Å². The maximum Gasteiger partial charge on any atom is 0.317 e. The van der Waals surface area contributed by atoms with Crippen LogP contribution in [0.2, 0.25) is 5.02 Å². The molecule has 0 saturated carbocycles. The Kier molecular flexibility index (Phi) is 6.57. The molecular formula is C22H26ClN3O2. The standard InChI is InChI=1S/C22H26ClN3O2/c1-15(2)24-22(28)26-12-6-9-18(14-26)16-7-5-8-17(13-16)21(27)25-20-11-4-3-10-19(20)23/h3-5,7-8,10-11,13,15,18H,6,9,12,14H2,1-2H3,(H,24,28)(H,25,27). The topological polar surface area (TPSA) is 61.4 Å². The summed E-state index contributed by atoms with van der Waals surface area (Å²) < 4.78 is 0. The molecule has 1 atom stereocenters. The van der Waals surface area contributed by atoms with Crippen molar-refractivity contribution in [2.45, 2.75) is 38.6 Å². The van der Waals surface area contributed by atoms with Gasteiger partial charge in [0.05, 0.1) is 10.7 Å². The molecule has 148 valence electrons. The summed E-state index contributed by atoms with van der Waals surface area (Å²) in [5.41, 5.74) is 2.25. The molecule has 0 bridgehead atoms. The second-order valence-corrected chi connectivity index (χ2v) is 7.86. The number of urea groups is 1. The van der Waals surface area contributed by atoms with Crippen molar-refractivity contribution in [1.82, 2.24) is 10.2 Å². The molecule has 1 saturated heterocycles. The van der Waals surface area contributed by atoms with Crippen LogP contribution in [-0.4, -0.2) is 36.0 Å². The number of hydrogen-bond acceptors (Lipinski definition) is 2. The number of halogens is 1. The van der Waals surface area contributed by atoms with E-state index in [4.69, 9.17) is 11.6 Å². The molecule has 1 aliphatic heterocycles. The monoisotopic (exact) mass is 399 g/mol. The maximum absolute atomic E-state index is 12.7. The fourth-order valence-electron chi connectivity index (χ4n) is 3.46. The highest BCUT2D eigenvalue weighted by molar-refractivity contribution is 6.33. The Bertz CT molecular complexity index is 853. The van der Waals surface area contributed by atoms with E-state index in [1.807, 2.05) is 49.1 Å². The third kappa shape index (κ3) is 5.04. The molecule has 0 aliphatic carbocycles. The van der Waals surface area contributed by atoms with Gasteiger partial charge in [-0.25, -0.2) is 4.79 Å². The maximum atomic E-state index is 12.7. The first-order valence-corrected chi connectivity index (χ1v) is 10.0. The van der Waals surface area contributed by atoms with E-state index in [0.717, 1.165) is 24.9 Å². The van der Waals surface area contributed by atoms with Crippen LogP contribution < -0.4 is 10.6 Å². The molecule has 5 nitrogen and oxygen atoms in total. The third-order valence-corrected chi connectivity index (χ3v) is 5.19. The Morgan fingerprint density at radius 1 is 1.14 bits per heavy atom. The number of anilines is 1. The second-order valence-electron chi connectivity index (χ2n) is 7.45. The van der Waals surface area contributed by atoms with Crippen molar-refractivity contribution >= 4 is 29.2 Å². The zero-order valence-corrected chi connectivity index (χ0v) is 17.0. The van der Waals surface area contributed by atoms with E-state index in [2.05, 4.69) is 10.6 Å². The average Bonchev–Trinajstić information content (AvgIpc) is 2.69. The van der Waals surface area contributed by atoms with Gasteiger partial charge in [-0.15, -0.1) is 0 Å². The van der Waals surface area contributed by atoms with E-state index in [-0.39, 0.29) is 23.9 Å². The first-order valence-electron chi connectivity index (χ1n) is 9.65. The lowest BCUT2D eigenvalue weighted by Gasteiger charge is -2.33. The SMILES string of the molecule is CC(C)NC(=O)N1CCCC(c2cccc(C(=O)Nc3ccccc3Cl)c2)C1. The van der Waals surface area contributed by atoms with Crippen LogP contribution in [0.1, 0.15) is 48.5 Å². The molecule has 1 aliphatic rings. The van der Waals surface area contributed by atoms with Gasteiger partial charge in [0.2, 0.25) is 0 Å². The summed E-state index contributed by atoms with van der Waals surface area (Å²) in [5.74, 6) is 0.0277. The van der Waals surface area contributed by atoms with Gasteiger partial charge in [0.15, 0.2) is 0 Å². The van der Waals surface area contributed by atoms with Crippen molar-refractivity contribution < 1.29 is 9.59 Å². The van der Waals surface area contributed by atoms with Crippen LogP contribution in [0.5, 0.6) is 0 Å². The predicted molar refractivity (Wildman–Crippen MR) is 113 cm³/mol. The van der Waals surface area contributed by atoms with Crippen molar-refractivity contribution in [1.29, 1.82) is 0 Å². The highest BCUT2D eigenvalue weighted by atomic mass is 35.5. The van der Waals surface area contributed by atoms with Gasteiger partial charge in [0.1, 0.15) is 0 Å². The summed E-state index contributed by atoms with van der Waals surface area (Å²) in [6, 6.07) is 14.9. The number of nitrogens with one attached hydrogen (secondary N) is 2. The Morgan fingerprint density at radius 2 is 1.93 bits per heavy atom. The highest BCUT2D eigenvalue weighted by Crippen LogP contribution is 2.28. The normalized spacial score (nSPS) is 16.7. The van der Waals surface area contributed by atoms with E-state index in [0.29, 0.717) is 22.8 Å². The van der Waals surface area contributed by atoms with E-state index in [1.54, 1.807) is 18.2 Å². The van der Waals surface area contributed by atoms with Gasteiger partial charge in [0.25, 0.3) is 5.91 Å². The number of carbonyl (C=O) groups excluding carboxylic acids is 2. The molecule has 2 aromatic carbocycles. The molecule has 1 heterocycles. The minimum absolute atomic E-state index is 0.0210. The molecular weight excluding hydrogens is 374 g/mol. The number of carbonyl (C=O) groups is 2. The molecule has 3 amide bonds. The third-order valence-electron chi connectivity index (χ3n) is 4.86. The fourth-order valence-corrected chi connectivity index (χ4v) is 3.65. The molecule has 1 fully saturated rings. The summed E-state index contributed by atoms with van der Waals surface area (Å²) in [6.07, 6.45) is 1.95. The number of piperidine rings is 1. The Hall–Kier alpha value is -2.53. The van der Waals surface area contributed by atoms with Crippen LogP contribution >= 0.6 is 11.6 Å². The summed E-state index contributed by atoms with van der Waals surface area (Å²) in [6.45, 7) is 5.34. The van der Waals surface area contributed by atoms with Crippen molar-refractivity contribution in [3.05, 3.63) is 64.7 Å². The van der Waals surface area contributed by atoms with Gasteiger partial charge in [-0.2, -0.15) is 0 Å². The van der Waals surface area contributed by atoms with Crippen molar-refractivity contribution in [3.63, 3.8) is 0 Å². The average molecular weight is 400 g/mol. The van der Waals surface area contributed by atoms with E-state index in [1.165, 1.54) is 0 Å². The lowest BCUT2D eigenvalue weighted by atomic mass is 9.89. The van der Waals surface area contributed by atoms with Gasteiger partial charge >= 0.3 is 6.03 Å². The summed E-state index contributed by atoms with van der Waals surface area (Å²) in [5, 5.41) is 6.32. The Morgan fingerprint density at radius 3 is 2.68 bits per heavy atom. The molecule has 2 aromatic rings. The molecule has 0 spiro atoms. The largest absolute Gasteiger partial charge is 0.336 e. The number of rotatable bonds is 4. The first kappa shape index (κ1) is 20.2. The number of nitrogens with zero attached hydrogens (tertiary/aromatic N) is 1. The smallest absolute Gasteiger partial charge is 0.317 e. The van der Waals surface area contributed by atoms with Gasteiger partial charge < -0.3 is 15.5 Å². The number of benzene rings is 2. The number of hydrogen-bond donors (Lipinski definition) is 2. The Labute approximate surface area is 171 Å². The number of amides is 3. The lowest BCUT2D eigenvalue weighted by Crippen LogP contribution is -2.47. The van der Waals surface area contributed by atoms with Gasteiger partial charge in [-0.1, -0.05) is 35.9 Å². The molecule has 28 heavy (non-hydrogen) atoms. The zero-order valence-electron chi connectivity index (χ0n) is 16.2. The van der Waals surface area contributed by atoms with Crippen molar-refractivity contribution in [2.24, 2.45) is 0 Å². The van der Waals surface area contributed by atoms with Crippen molar-refractivity contribution in [2.75, 3.05) is 18.4 Å². The van der Waals surface area contributed by atoms with Gasteiger partial charge in [-0.3, -0.25) is 4.79 Å². The summed E-state index contributed by atoms with van der Waals surface area (Å²) >= 11 is 6.13. The molecule has 0 aromatic heterocycles. The Balaban J connectivity index is 1.71. The summed E-state index contributed by atoms with van der Waals surface area (Å²) in [4.78, 5) is 26.9. The fraction of sp³-hybridized carbons (Fsp3) is 0.364. The lowest BCUT2D eigenvalue weighted by molar-refractivity contribution is 0.102. The molecule has 6 heteroatoms. The first-order chi connectivity index (χ1) is 13.4. The van der Waals surface area contributed by atoms with E-state index in [9.17, 15) is 9.59 Å². The van der Waals surface area contributed by atoms with Gasteiger partial charge in [-0.05, 0) is 56.5 Å². The molecule has 3 rings (SSSR count). The number of likely N-dealkylation sites (tertiary alicyclic amines) is 1. The minimum atomic E-state index is -0.194. The summed E-state index contributed by atoms with van der Waals surface area (Å²) in [7, 11) is 0. The van der Waals surface area contributed by atoms with Crippen LogP contribution in [0, 0.1) is 0 Å². The van der Waals surface area contributed by atoms with Crippen LogP contribution in [-0.2, 0) is 0 Å². The van der Waals surface area contributed by atoms with Gasteiger partial charge in [0, 0.05) is 30.6 Å². The highest BCUT2D eigenvalue weighted by Gasteiger charge is 2.25. The minimum Gasteiger partial charge on any atom is -0.336 e. The molecule has 2 N–H and O–H groups in total. The molecule has 1 unspecified atom stereocenters. The number of para-hydroxylation sites is 1. The molecule has 0 radical (unpaired) electrons. The zero-order chi connectivity index (χ0) is 20.1. The van der Waals surface area contributed by atoms with Crippen molar-refractivity contribution in [3.8, 4) is 0 Å².